The molecule has 0 fully saturated rings. The van der Waals surface area contributed by atoms with Gasteiger partial charge in [-0.1, -0.05) is 18.2 Å². The molecule has 0 amide bonds. The summed E-state index contributed by atoms with van der Waals surface area (Å²) in [6.45, 7) is 5.24. The Kier molecular flexibility index (Phi) is 8.38. The fraction of sp³-hybridized carbons (Fsp3) is 0.474. The number of ether oxygens (including phenoxy) is 1. The van der Waals surface area contributed by atoms with Gasteiger partial charge in [0.05, 0.1) is 12.8 Å². The first-order valence-electron chi connectivity index (χ1n) is 8.95. The minimum atomic E-state index is 0.675. The lowest BCUT2D eigenvalue weighted by Gasteiger charge is -2.11. The summed E-state index contributed by atoms with van der Waals surface area (Å²) in [7, 11) is 1.94. The smallest absolute Gasteiger partial charge is 0.191 e. The molecule has 2 rings (SSSR count). The standard InChI is InChI=1S/C19H29N5O/c1-3-20-19(21-12-7-9-17-15-23-24(2)16-17)22-13-8-14-25-18-10-5-4-6-11-18/h4-6,10-11,15-16H,3,7-9,12-14H2,1-2H3,(H2,20,21,22). The Morgan fingerprint density at radius 3 is 2.76 bits per heavy atom. The number of nitrogens with one attached hydrogen (secondary N) is 2. The lowest BCUT2D eigenvalue weighted by Crippen LogP contribution is -2.38. The molecule has 0 aliphatic rings. The van der Waals surface area contributed by atoms with Crippen LogP contribution in [0.3, 0.4) is 0 Å². The average molecular weight is 343 g/mol. The van der Waals surface area contributed by atoms with Gasteiger partial charge in [-0.25, -0.2) is 0 Å². The molecule has 0 radical (unpaired) electrons. The van der Waals surface area contributed by atoms with Gasteiger partial charge in [-0.15, -0.1) is 0 Å². The number of aromatic nitrogens is 2. The zero-order valence-electron chi connectivity index (χ0n) is 15.2. The maximum absolute atomic E-state index is 5.68. The van der Waals surface area contributed by atoms with E-state index >= 15 is 0 Å². The van der Waals surface area contributed by atoms with Gasteiger partial charge in [-0.05, 0) is 37.5 Å². The van der Waals surface area contributed by atoms with E-state index in [9.17, 15) is 0 Å². The molecule has 136 valence electrons. The van der Waals surface area contributed by atoms with E-state index in [1.54, 1.807) is 0 Å². The molecule has 1 heterocycles. The summed E-state index contributed by atoms with van der Waals surface area (Å²) < 4.78 is 7.52. The predicted octanol–water partition coefficient (Wildman–Crippen LogP) is 2.38. The fourth-order valence-electron chi connectivity index (χ4n) is 2.40. The summed E-state index contributed by atoms with van der Waals surface area (Å²) in [6, 6.07) is 9.88. The molecule has 0 saturated carbocycles. The van der Waals surface area contributed by atoms with Crippen LogP contribution in [-0.2, 0) is 13.5 Å². The lowest BCUT2D eigenvalue weighted by molar-refractivity contribution is 0.313. The van der Waals surface area contributed by atoms with Gasteiger partial charge in [-0.3, -0.25) is 9.67 Å². The molecule has 25 heavy (non-hydrogen) atoms. The SMILES string of the molecule is CCNC(=NCCCOc1ccccc1)NCCCc1cnn(C)c1. The average Bonchev–Trinajstić information content (AvgIpc) is 3.04. The second-order valence-electron chi connectivity index (χ2n) is 5.83. The zero-order valence-corrected chi connectivity index (χ0v) is 15.2. The highest BCUT2D eigenvalue weighted by Crippen LogP contribution is 2.08. The van der Waals surface area contributed by atoms with E-state index in [1.807, 2.05) is 48.3 Å². The van der Waals surface area contributed by atoms with Crippen LogP contribution in [0.25, 0.3) is 0 Å². The number of benzene rings is 1. The number of hydrogen-bond donors (Lipinski definition) is 2. The number of rotatable bonds is 10. The van der Waals surface area contributed by atoms with Gasteiger partial charge in [0.15, 0.2) is 5.96 Å². The first-order chi connectivity index (χ1) is 12.3. The van der Waals surface area contributed by atoms with Gasteiger partial charge < -0.3 is 15.4 Å². The summed E-state index contributed by atoms with van der Waals surface area (Å²) in [6.07, 6.45) is 6.94. The van der Waals surface area contributed by atoms with Crippen LogP contribution >= 0.6 is 0 Å². The Bertz CT molecular complexity index is 624. The van der Waals surface area contributed by atoms with E-state index < -0.39 is 0 Å². The number of hydrogen-bond acceptors (Lipinski definition) is 3. The molecule has 2 aromatic rings. The lowest BCUT2D eigenvalue weighted by atomic mass is 10.2. The van der Waals surface area contributed by atoms with Crippen LogP contribution in [-0.4, -0.2) is 42.0 Å². The summed E-state index contributed by atoms with van der Waals surface area (Å²) in [4.78, 5) is 4.59. The monoisotopic (exact) mass is 343 g/mol. The van der Waals surface area contributed by atoms with E-state index in [0.29, 0.717) is 6.61 Å². The van der Waals surface area contributed by atoms with Crippen LogP contribution in [0.1, 0.15) is 25.3 Å². The van der Waals surface area contributed by atoms with E-state index in [2.05, 4.69) is 33.8 Å². The Morgan fingerprint density at radius 2 is 2.04 bits per heavy atom. The third-order valence-electron chi connectivity index (χ3n) is 3.62. The minimum absolute atomic E-state index is 0.675. The summed E-state index contributed by atoms with van der Waals surface area (Å²) >= 11 is 0. The van der Waals surface area contributed by atoms with Crippen molar-refractivity contribution in [2.24, 2.45) is 12.0 Å². The second-order valence-corrected chi connectivity index (χ2v) is 5.83. The fourth-order valence-corrected chi connectivity index (χ4v) is 2.40. The van der Waals surface area contributed by atoms with Crippen LogP contribution in [0.5, 0.6) is 5.75 Å². The highest BCUT2D eigenvalue weighted by molar-refractivity contribution is 5.79. The highest BCUT2D eigenvalue weighted by atomic mass is 16.5. The van der Waals surface area contributed by atoms with Crippen molar-refractivity contribution in [3.8, 4) is 5.75 Å². The van der Waals surface area contributed by atoms with Crippen LogP contribution < -0.4 is 15.4 Å². The molecule has 0 spiro atoms. The minimum Gasteiger partial charge on any atom is -0.494 e. The molecule has 1 aromatic carbocycles. The third-order valence-corrected chi connectivity index (χ3v) is 3.62. The summed E-state index contributed by atoms with van der Waals surface area (Å²) in [5.74, 6) is 1.78. The van der Waals surface area contributed by atoms with Gasteiger partial charge in [-0.2, -0.15) is 5.10 Å². The van der Waals surface area contributed by atoms with E-state index in [-0.39, 0.29) is 0 Å². The van der Waals surface area contributed by atoms with E-state index in [1.165, 1.54) is 5.56 Å². The first-order valence-corrected chi connectivity index (χ1v) is 8.95. The van der Waals surface area contributed by atoms with Crippen molar-refractivity contribution in [2.75, 3.05) is 26.2 Å². The maximum Gasteiger partial charge on any atom is 0.191 e. The van der Waals surface area contributed by atoms with Crippen molar-refractivity contribution >= 4 is 5.96 Å². The number of para-hydroxylation sites is 1. The molecule has 0 bridgehead atoms. The van der Waals surface area contributed by atoms with Gasteiger partial charge in [0.1, 0.15) is 5.75 Å². The van der Waals surface area contributed by atoms with Crippen LogP contribution in [0, 0.1) is 0 Å². The molecular formula is C19H29N5O. The van der Waals surface area contributed by atoms with Gasteiger partial charge in [0.25, 0.3) is 0 Å². The summed E-state index contributed by atoms with van der Waals surface area (Å²) in [5.41, 5.74) is 1.27. The van der Waals surface area contributed by atoms with Crippen molar-refractivity contribution in [1.29, 1.82) is 0 Å². The maximum atomic E-state index is 5.68. The predicted molar refractivity (Wildman–Crippen MR) is 102 cm³/mol. The van der Waals surface area contributed by atoms with Crippen molar-refractivity contribution in [2.45, 2.75) is 26.2 Å². The quantitative estimate of drug-likeness (QED) is 0.395. The Morgan fingerprint density at radius 1 is 1.20 bits per heavy atom. The molecular weight excluding hydrogens is 314 g/mol. The van der Waals surface area contributed by atoms with Crippen LogP contribution in [0.4, 0.5) is 0 Å². The third kappa shape index (κ3) is 7.74. The zero-order chi connectivity index (χ0) is 17.7. The van der Waals surface area contributed by atoms with E-state index in [4.69, 9.17) is 4.74 Å². The summed E-state index contributed by atoms with van der Waals surface area (Å²) in [5, 5.41) is 10.8. The highest BCUT2D eigenvalue weighted by Gasteiger charge is 1.99. The first kappa shape index (κ1) is 18.8. The Labute approximate surface area is 150 Å². The number of guanidine groups is 1. The van der Waals surface area contributed by atoms with Crippen molar-refractivity contribution in [3.63, 3.8) is 0 Å². The molecule has 0 saturated heterocycles. The normalized spacial score (nSPS) is 11.4. The van der Waals surface area contributed by atoms with Crippen LogP contribution in [0.15, 0.2) is 47.7 Å². The molecule has 1 aromatic heterocycles. The molecule has 0 atom stereocenters. The van der Waals surface area contributed by atoms with Gasteiger partial charge in [0.2, 0.25) is 0 Å². The molecule has 6 nitrogen and oxygen atoms in total. The number of aliphatic imine (C=N–C) groups is 1. The van der Waals surface area contributed by atoms with E-state index in [0.717, 1.165) is 50.6 Å². The van der Waals surface area contributed by atoms with Crippen molar-refractivity contribution < 1.29 is 4.74 Å². The number of nitrogens with zero attached hydrogens (tertiary/aromatic N) is 3. The van der Waals surface area contributed by atoms with Gasteiger partial charge in [0, 0.05) is 39.3 Å². The van der Waals surface area contributed by atoms with Crippen molar-refractivity contribution in [1.82, 2.24) is 20.4 Å². The second kappa shape index (κ2) is 11.1. The van der Waals surface area contributed by atoms with Crippen molar-refractivity contribution in [3.05, 3.63) is 48.3 Å². The Hall–Kier alpha value is -2.50. The number of aryl methyl sites for hydroxylation is 2. The largest absolute Gasteiger partial charge is 0.494 e. The molecule has 0 aliphatic carbocycles. The molecule has 2 N–H and O–H groups in total. The van der Waals surface area contributed by atoms with Gasteiger partial charge >= 0.3 is 0 Å². The Balaban J connectivity index is 1.61. The molecule has 0 unspecified atom stereocenters. The molecule has 6 heteroatoms. The topological polar surface area (TPSA) is 63.5 Å². The van der Waals surface area contributed by atoms with Crippen LogP contribution in [0.2, 0.25) is 0 Å². The molecule has 0 aliphatic heterocycles.